The topological polar surface area (TPSA) is 71.4 Å². The van der Waals surface area contributed by atoms with Gasteiger partial charge >= 0.3 is 5.97 Å². The van der Waals surface area contributed by atoms with Gasteiger partial charge in [0.2, 0.25) is 0 Å². The fourth-order valence-corrected chi connectivity index (χ4v) is 4.09. The van der Waals surface area contributed by atoms with Crippen molar-refractivity contribution in [2.45, 2.75) is 23.2 Å². The molecule has 1 aliphatic rings. The van der Waals surface area contributed by atoms with Gasteiger partial charge in [0, 0.05) is 10.7 Å². The first-order valence-electron chi connectivity index (χ1n) is 5.11. The molecule has 0 heterocycles. The Morgan fingerprint density at radius 2 is 2.00 bits per heavy atom. The van der Waals surface area contributed by atoms with Crippen LogP contribution in [0.3, 0.4) is 0 Å². The van der Waals surface area contributed by atoms with Gasteiger partial charge in [-0.3, -0.25) is 4.79 Å². The number of rotatable bonds is 3. The second-order valence-electron chi connectivity index (χ2n) is 4.43. The molecule has 0 atom stereocenters. The SMILES string of the molecule is CS(=O)(=O)c1c(F)cc(C2(C(=O)O)CC2)cc1Br. The van der Waals surface area contributed by atoms with Crippen LogP contribution in [0.5, 0.6) is 0 Å². The summed E-state index contributed by atoms with van der Waals surface area (Å²) >= 11 is 2.99. The van der Waals surface area contributed by atoms with Crippen LogP contribution in [0.4, 0.5) is 4.39 Å². The van der Waals surface area contributed by atoms with E-state index in [0.29, 0.717) is 18.4 Å². The molecule has 0 amide bonds. The highest BCUT2D eigenvalue weighted by Gasteiger charge is 2.52. The second kappa shape index (κ2) is 4.03. The Balaban J connectivity index is 2.61. The molecule has 0 bridgehead atoms. The van der Waals surface area contributed by atoms with Crippen LogP contribution in [-0.2, 0) is 20.0 Å². The minimum atomic E-state index is -3.70. The molecule has 18 heavy (non-hydrogen) atoms. The van der Waals surface area contributed by atoms with E-state index in [-0.39, 0.29) is 4.47 Å². The van der Waals surface area contributed by atoms with Gasteiger partial charge in [-0.2, -0.15) is 0 Å². The van der Waals surface area contributed by atoms with Crippen LogP contribution in [-0.4, -0.2) is 25.7 Å². The average Bonchev–Trinajstić information content (AvgIpc) is 2.93. The maximum absolute atomic E-state index is 13.8. The van der Waals surface area contributed by atoms with Gasteiger partial charge in [0.25, 0.3) is 0 Å². The molecule has 1 saturated carbocycles. The molecule has 0 radical (unpaired) electrons. The van der Waals surface area contributed by atoms with E-state index in [1.54, 1.807) is 0 Å². The van der Waals surface area contributed by atoms with Crippen molar-refractivity contribution < 1.29 is 22.7 Å². The minimum absolute atomic E-state index is 0.0625. The highest BCUT2D eigenvalue weighted by molar-refractivity contribution is 9.10. The first-order valence-corrected chi connectivity index (χ1v) is 7.80. The van der Waals surface area contributed by atoms with Crippen LogP contribution in [0.2, 0.25) is 0 Å². The van der Waals surface area contributed by atoms with Crippen LogP contribution >= 0.6 is 15.9 Å². The number of aliphatic carboxylic acids is 1. The molecule has 1 aromatic carbocycles. The molecule has 0 aliphatic heterocycles. The number of sulfone groups is 1. The Kier molecular flexibility index (Phi) is 3.02. The lowest BCUT2D eigenvalue weighted by Gasteiger charge is -2.13. The maximum Gasteiger partial charge on any atom is 0.314 e. The standard InChI is InChI=1S/C11H10BrFO4S/c1-18(16,17)9-7(12)4-6(5-8(9)13)11(2-3-11)10(14)15/h4-5H,2-3H2,1H3,(H,14,15). The number of hydrogen-bond acceptors (Lipinski definition) is 3. The van der Waals surface area contributed by atoms with Crippen LogP contribution < -0.4 is 0 Å². The van der Waals surface area contributed by atoms with Crippen molar-refractivity contribution in [1.82, 2.24) is 0 Å². The van der Waals surface area contributed by atoms with E-state index in [2.05, 4.69) is 15.9 Å². The van der Waals surface area contributed by atoms with Gasteiger partial charge in [-0.15, -0.1) is 0 Å². The third-order valence-corrected chi connectivity index (χ3v) is 5.13. The van der Waals surface area contributed by atoms with Crippen molar-refractivity contribution in [3.63, 3.8) is 0 Å². The fourth-order valence-electron chi connectivity index (χ4n) is 1.94. The molecule has 0 aromatic heterocycles. The molecule has 1 N–H and O–H groups in total. The summed E-state index contributed by atoms with van der Waals surface area (Å²) in [5.74, 6) is -1.93. The Labute approximate surface area is 112 Å². The quantitative estimate of drug-likeness (QED) is 0.917. The number of hydrogen-bond donors (Lipinski definition) is 1. The van der Waals surface area contributed by atoms with Crippen molar-refractivity contribution in [2.24, 2.45) is 0 Å². The molecule has 1 fully saturated rings. The largest absolute Gasteiger partial charge is 0.481 e. The molecule has 4 nitrogen and oxygen atoms in total. The fraction of sp³-hybridized carbons (Fsp3) is 0.364. The van der Waals surface area contributed by atoms with Gasteiger partial charge in [0.1, 0.15) is 10.7 Å². The van der Waals surface area contributed by atoms with Gasteiger partial charge in [-0.1, -0.05) is 0 Å². The predicted octanol–water partition coefficient (Wildman–Crippen LogP) is 2.11. The molecule has 1 aromatic rings. The van der Waals surface area contributed by atoms with Crippen molar-refractivity contribution in [2.75, 3.05) is 6.26 Å². The summed E-state index contributed by atoms with van der Waals surface area (Å²) in [5, 5.41) is 9.11. The highest BCUT2D eigenvalue weighted by Crippen LogP contribution is 2.49. The smallest absolute Gasteiger partial charge is 0.314 e. The zero-order valence-electron chi connectivity index (χ0n) is 9.41. The number of carboxylic acid groups (broad SMARTS) is 1. The first kappa shape index (κ1) is 13.5. The van der Waals surface area contributed by atoms with Crippen LogP contribution in [0.15, 0.2) is 21.5 Å². The van der Waals surface area contributed by atoms with E-state index < -0.39 is 31.9 Å². The normalized spacial score (nSPS) is 17.5. The van der Waals surface area contributed by atoms with E-state index in [1.165, 1.54) is 6.07 Å². The van der Waals surface area contributed by atoms with E-state index >= 15 is 0 Å². The number of benzene rings is 1. The first-order chi connectivity index (χ1) is 8.18. The predicted molar refractivity (Wildman–Crippen MR) is 65.8 cm³/mol. The lowest BCUT2D eigenvalue weighted by molar-refractivity contribution is -0.140. The van der Waals surface area contributed by atoms with Crippen LogP contribution in [0, 0.1) is 5.82 Å². The van der Waals surface area contributed by atoms with Crippen LogP contribution in [0.1, 0.15) is 18.4 Å². The van der Waals surface area contributed by atoms with Crippen molar-refractivity contribution in [3.05, 3.63) is 28.0 Å². The Hall–Kier alpha value is -0.950. The van der Waals surface area contributed by atoms with Gasteiger partial charge < -0.3 is 5.11 Å². The minimum Gasteiger partial charge on any atom is -0.481 e. The molecule has 0 saturated heterocycles. The molecule has 98 valence electrons. The van der Waals surface area contributed by atoms with Crippen LogP contribution in [0.25, 0.3) is 0 Å². The van der Waals surface area contributed by atoms with Gasteiger partial charge in [0.05, 0.1) is 5.41 Å². The van der Waals surface area contributed by atoms with Crippen molar-refractivity contribution in [3.8, 4) is 0 Å². The van der Waals surface area contributed by atoms with Gasteiger partial charge in [0.15, 0.2) is 9.84 Å². The summed E-state index contributed by atoms with van der Waals surface area (Å²) in [6.07, 6.45) is 1.78. The zero-order valence-corrected chi connectivity index (χ0v) is 11.8. The lowest BCUT2D eigenvalue weighted by Crippen LogP contribution is -2.20. The number of carboxylic acids is 1. The summed E-state index contributed by atoms with van der Waals surface area (Å²) in [7, 11) is -3.70. The van der Waals surface area contributed by atoms with Crippen molar-refractivity contribution >= 4 is 31.7 Å². The monoisotopic (exact) mass is 336 g/mol. The summed E-state index contributed by atoms with van der Waals surface area (Å²) < 4.78 is 36.7. The maximum atomic E-state index is 13.8. The molecule has 1 aliphatic carbocycles. The Morgan fingerprint density at radius 1 is 1.44 bits per heavy atom. The summed E-state index contributed by atoms with van der Waals surface area (Å²) in [6, 6.07) is 2.38. The number of halogens is 2. The Morgan fingerprint density at radius 3 is 2.33 bits per heavy atom. The third-order valence-electron chi connectivity index (χ3n) is 3.08. The molecular weight excluding hydrogens is 327 g/mol. The van der Waals surface area contributed by atoms with Gasteiger partial charge in [-0.05, 0) is 46.5 Å². The molecular formula is C11H10BrFO4S. The van der Waals surface area contributed by atoms with E-state index in [4.69, 9.17) is 5.11 Å². The van der Waals surface area contributed by atoms with E-state index in [0.717, 1.165) is 12.3 Å². The third kappa shape index (κ3) is 2.05. The average molecular weight is 337 g/mol. The summed E-state index contributed by atoms with van der Waals surface area (Å²) in [5.41, 5.74) is -0.758. The highest BCUT2D eigenvalue weighted by atomic mass is 79.9. The van der Waals surface area contributed by atoms with E-state index in [9.17, 15) is 17.6 Å². The zero-order chi connectivity index (χ0) is 13.7. The number of carbonyl (C=O) groups is 1. The summed E-state index contributed by atoms with van der Waals surface area (Å²) in [4.78, 5) is 10.7. The van der Waals surface area contributed by atoms with Crippen molar-refractivity contribution in [1.29, 1.82) is 0 Å². The van der Waals surface area contributed by atoms with Gasteiger partial charge in [-0.25, -0.2) is 12.8 Å². The molecule has 2 rings (SSSR count). The molecule has 7 heteroatoms. The lowest BCUT2D eigenvalue weighted by atomic mass is 9.96. The Bertz CT molecular complexity index is 611. The van der Waals surface area contributed by atoms with E-state index in [1.807, 2.05) is 0 Å². The summed E-state index contributed by atoms with van der Waals surface area (Å²) in [6.45, 7) is 0. The second-order valence-corrected chi connectivity index (χ2v) is 7.24. The molecule has 0 spiro atoms. The molecule has 0 unspecified atom stereocenters.